The van der Waals surface area contributed by atoms with Crippen molar-refractivity contribution < 1.29 is 31.2 Å². The van der Waals surface area contributed by atoms with Gasteiger partial charge in [-0.3, -0.25) is 0 Å². The Morgan fingerprint density at radius 3 is 2.23 bits per heavy atom. The maximum absolute atomic E-state index is 10.8. The van der Waals surface area contributed by atoms with Crippen LogP contribution >= 0.6 is 0 Å². The smallest absolute Gasteiger partial charge is 0.383 e. The van der Waals surface area contributed by atoms with Gasteiger partial charge in [0.15, 0.2) is 9.84 Å². The first kappa shape index (κ1) is 20.3. The van der Waals surface area contributed by atoms with Crippen molar-refractivity contribution in [3.63, 3.8) is 0 Å². The highest BCUT2D eigenvalue weighted by Crippen LogP contribution is 2.05. The largest absolute Gasteiger partial charge is 0.427 e. The first-order valence-corrected chi connectivity index (χ1v) is 8.93. The second-order valence-electron chi connectivity index (χ2n) is 3.74. The van der Waals surface area contributed by atoms with E-state index < -0.39 is 26.8 Å². The molecular formula is C11H18N2O7S2. The highest BCUT2D eigenvalue weighted by molar-refractivity contribution is 7.90. The molecule has 0 unspecified atom stereocenters. The van der Waals surface area contributed by atoms with E-state index in [1.54, 1.807) is 30.3 Å². The minimum atomic E-state index is -3.00. The van der Waals surface area contributed by atoms with Crippen LogP contribution in [-0.2, 0) is 30.3 Å². The SMILES string of the molecule is COCCNC(=O)ON[SH](=O)=O.CS(=O)(=O)c1ccccc1. The number of thiol groups is 1. The minimum absolute atomic E-state index is 0.257. The molecule has 0 aliphatic carbocycles. The molecule has 1 rings (SSSR count). The number of hydrogen-bond acceptors (Lipinski definition) is 7. The Morgan fingerprint density at radius 2 is 1.82 bits per heavy atom. The van der Waals surface area contributed by atoms with Crippen molar-refractivity contribution in [2.75, 3.05) is 26.5 Å². The summed E-state index contributed by atoms with van der Waals surface area (Å²) in [6.45, 7) is 0.589. The summed E-state index contributed by atoms with van der Waals surface area (Å²) in [5.74, 6) is 0. The van der Waals surface area contributed by atoms with E-state index in [0.29, 0.717) is 11.5 Å². The Kier molecular flexibility index (Phi) is 10.1. The zero-order valence-corrected chi connectivity index (χ0v) is 13.7. The summed E-state index contributed by atoms with van der Waals surface area (Å²) in [5, 5.41) is 2.22. The maximum atomic E-state index is 10.8. The van der Waals surface area contributed by atoms with Gasteiger partial charge < -0.3 is 14.9 Å². The van der Waals surface area contributed by atoms with E-state index in [1.165, 1.54) is 18.3 Å². The van der Waals surface area contributed by atoms with Crippen LogP contribution in [0, 0.1) is 0 Å². The summed E-state index contributed by atoms with van der Waals surface area (Å²) < 4.78 is 45.9. The van der Waals surface area contributed by atoms with Crippen molar-refractivity contribution in [3.05, 3.63) is 30.3 Å². The van der Waals surface area contributed by atoms with Crippen molar-refractivity contribution in [1.29, 1.82) is 0 Å². The molecule has 0 heterocycles. The van der Waals surface area contributed by atoms with E-state index in [2.05, 4.69) is 14.9 Å². The number of hydrogen-bond donors (Lipinski definition) is 3. The topological polar surface area (TPSA) is 128 Å². The van der Waals surface area contributed by atoms with Gasteiger partial charge >= 0.3 is 6.09 Å². The van der Waals surface area contributed by atoms with Gasteiger partial charge in [0.2, 0.25) is 10.9 Å². The fourth-order valence-electron chi connectivity index (χ4n) is 1.04. The van der Waals surface area contributed by atoms with Gasteiger partial charge in [-0.1, -0.05) is 18.2 Å². The Morgan fingerprint density at radius 1 is 1.23 bits per heavy atom. The van der Waals surface area contributed by atoms with Crippen LogP contribution in [0.4, 0.5) is 4.79 Å². The molecule has 0 fully saturated rings. The first-order chi connectivity index (χ1) is 10.3. The zero-order valence-electron chi connectivity index (χ0n) is 12.0. The van der Waals surface area contributed by atoms with Crippen molar-refractivity contribution in [2.45, 2.75) is 4.90 Å². The number of rotatable bonds is 6. The highest BCUT2D eigenvalue weighted by Gasteiger charge is 2.03. The fourth-order valence-corrected chi connectivity index (χ4v) is 1.85. The molecule has 0 aromatic heterocycles. The van der Waals surface area contributed by atoms with E-state index in [4.69, 9.17) is 0 Å². The summed E-state index contributed by atoms with van der Waals surface area (Å²) in [5.41, 5.74) is 0. The zero-order chi connectivity index (χ0) is 17.0. The monoisotopic (exact) mass is 354 g/mol. The number of ether oxygens (including phenoxy) is 1. The second kappa shape index (κ2) is 11.0. The molecule has 0 aliphatic rings. The van der Waals surface area contributed by atoms with E-state index in [0.717, 1.165) is 0 Å². The minimum Gasteiger partial charge on any atom is -0.383 e. The van der Waals surface area contributed by atoms with E-state index in [1.807, 2.05) is 0 Å². The lowest BCUT2D eigenvalue weighted by Gasteiger charge is -2.02. The molecule has 0 spiro atoms. The lowest BCUT2D eigenvalue weighted by atomic mass is 10.4. The van der Waals surface area contributed by atoms with Gasteiger partial charge in [0.25, 0.3) is 0 Å². The average Bonchev–Trinajstić information content (AvgIpc) is 2.46. The van der Waals surface area contributed by atoms with Crippen LogP contribution in [0.3, 0.4) is 0 Å². The third-order valence-corrected chi connectivity index (χ3v) is 3.33. The number of amides is 1. The summed E-state index contributed by atoms with van der Waals surface area (Å²) in [6, 6.07) is 8.35. The number of benzene rings is 1. The standard InChI is InChI=1S/C7H8O2S.C4H10N2O5S/c1-10(8,9)7-5-3-2-4-6-7;1-10-3-2-5-4(7)11-6-12(8)9/h2-6H,1H3;12H,2-3H2,1H3,(H,5,7)(H,6,8,9). The molecule has 22 heavy (non-hydrogen) atoms. The number of nitrogens with one attached hydrogen (secondary N) is 2. The third-order valence-electron chi connectivity index (χ3n) is 1.96. The molecule has 0 atom stereocenters. The van der Waals surface area contributed by atoms with Crippen molar-refractivity contribution in [3.8, 4) is 0 Å². The number of methoxy groups -OCH3 is 1. The number of carbonyl (C=O) groups excluding carboxylic acids is 1. The Labute approximate surface area is 130 Å². The van der Waals surface area contributed by atoms with Gasteiger partial charge in [-0.25, -0.2) is 21.6 Å². The van der Waals surface area contributed by atoms with Crippen LogP contribution in [0.5, 0.6) is 0 Å². The highest BCUT2D eigenvalue weighted by atomic mass is 32.2. The molecule has 126 valence electrons. The third kappa shape index (κ3) is 11.0. The fraction of sp³-hybridized carbons (Fsp3) is 0.364. The molecule has 0 saturated carbocycles. The molecule has 2 N–H and O–H groups in total. The molecule has 0 radical (unpaired) electrons. The van der Waals surface area contributed by atoms with Crippen LogP contribution in [0.2, 0.25) is 0 Å². The van der Waals surface area contributed by atoms with Crippen LogP contribution in [0.15, 0.2) is 35.2 Å². The van der Waals surface area contributed by atoms with Gasteiger partial charge in [0.05, 0.1) is 11.5 Å². The molecule has 1 aromatic rings. The Bertz CT molecular complexity index is 607. The number of carbonyl (C=O) groups is 1. The summed E-state index contributed by atoms with van der Waals surface area (Å²) in [4.78, 5) is 16.3. The van der Waals surface area contributed by atoms with Gasteiger partial charge in [-0.05, 0) is 17.0 Å². The molecular weight excluding hydrogens is 336 g/mol. The summed E-state index contributed by atoms with van der Waals surface area (Å²) >= 11 is 0. The summed E-state index contributed by atoms with van der Waals surface area (Å²) in [7, 11) is -4.45. The van der Waals surface area contributed by atoms with Gasteiger partial charge in [-0.15, -0.1) is 0 Å². The lowest BCUT2D eigenvalue weighted by Crippen LogP contribution is -2.31. The molecule has 0 saturated heterocycles. The Hall–Kier alpha value is -1.69. The molecule has 0 aliphatic heterocycles. The van der Waals surface area contributed by atoms with Crippen LogP contribution in [-0.4, -0.2) is 49.4 Å². The number of sulfone groups is 1. The van der Waals surface area contributed by atoms with Gasteiger partial charge in [0, 0.05) is 19.9 Å². The quantitative estimate of drug-likeness (QED) is 0.356. The molecule has 9 nitrogen and oxygen atoms in total. The average molecular weight is 354 g/mol. The van der Waals surface area contributed by atoms with Crippen LogP contribution in [0.25, 0.3) is 0 Å². The van der Waals surface area contributed by atoms with Crippen molar-refractivity contribution in [2.24, 2.45) is 0 Å². The van der Waals surface area contributed by atoms with Crippen molar-refractivity contribution >= 4 is 26.8 Å². The second-order valence-corrected chi connectivity index (χ2v) is 6.46. The predicted molar refractivity (Wildman–Crippen MR) is 79.4 cm³/mol. The lowest BCUT2D eigenvalue weighted by molar-refractivity contribution is 0.121. The predicted octanol–water partition coefficient (Wildman–Crippen LogP) is -0.520. The van der Waals surface area contributed by atoms with E-state index >= 15 is 0 Å². The van der Waals surface area contributed by atoms with Gasteiger partial charge in [0.1, 0.15) is 0 Å². The van der Waals surface area contributed by atoms with Crippen molar-refractivity contribution in [1.82, 2.24) is 10.2 Å². The molecule has 1 aromatic carbocycles. The van der Waals surface area contributed by atoms with Gasteiger partial charge in [-0.2, -0.15) is 0 Å². The normalized spacial score (nSPS) is 10.5. The van der Waals surface area contributed by atoms with Crippen LogP contribution < -0.4 is 10.2 Å². The molecule has 1 amide bonds. The molecule has 11 heteroatoms. The Balaban J connectivity index is 0.000000406. The van der Waals surface area contributed by atoms with E-state index in [-0.39, 0.29) is 6.54 Å². The van der Waals surface area contributed by atoms with E-state index in [9.17, 15) is 21.6 Å². The summed E-state index contributed by atoms with van der Waals surface area (Å²) in [6.07, 6.45) is 0.328. The maximum Gasteiger partial charge on any atom is 0.427 e. The first-order valence-electron chi connectivity index (χ1n) is 5.86. The molecule has 0 bridgehead atoms. The van der Waals surface area contributed by atoms with Crippen LogP contribution in [0.1, 0.15) is 0 Å².